The number of nitrogens with one attached hydrogen (secondary N) is 1. The van der Waals surface area contributed by atoms with E-state index in [0.717, 1.165) is 5.56 Å². The predicted molar refractivity (Wildman–Crippen MR) is 68.1 cm³/mol. The third kappa shape index (κ3) is 3.14. The second-order valence-corrected chi connectivity index (χ2v) is 4.25. The molecule has 0 unspecified atom stereocenters. The molecule has 0 fully saturated rings. The molecule has 2 aromatic rings. The summed E-state index contributed by atoms with van der Waals surface area (Å²) in [6.07, 6.45) is 0. The van der Waals surface area contributed by atoms with Crippen LogP contribution in [0.2, 0.25) is 0 Å². The summed E-state index contributed by atoms with van der Waals surface area (Å²) in [4.78, 5) is 0. The van der Waals surface area contributed by atoms with Crippen molar-refractivity contribution in [1.82, 2.24) is 5.32 Å². The summed E-state index contributed by atoms with van der Waals surface area (Å²) >= 11 is 0. The zero-order valence-corrected chi connectivity index (χ0v) is 10.2. The van der Waals surface area contributed by atoms with Crippen LogP contribution in [0.4, 0.5) is 8.78 Å². The third-order valence-electron chi connectivity index (χ3n) is 2.93. The van der Waals surface area contributed by atoms with Gasteiger partial charge in [-0.25, -0.2) is 8.78 Å². The van der Waals surface area contributed by atoms with Gasteiger partial charge >= 0.3 is 0 Å². The molecule has 0 amide bonds. The molecule has 0 aliphatic rings. The SMILES string of the molecule is C[C@H](NCc1ccccc1F)c1ccc(F)cc1. The van der Waals surface area contributed by atoms with Crippen molar-refractivity contribution in [2.75, 3.05) is 0 Å². The van der Waals surface area contributed by atoms with Gasteiger partial charge < -0.3 is 5.32 Å². The van der Waals surface area contributed by atoms with Crippen LogP contribution in [0.15, 0.2) is 48.5 Å². The lowest BCUT2D eigenvalue weighted by Gasteiger charge is -2.14. The van der Waals surface area contributed by atoms with Crippen LogP contribution in [0.25, 0.3) is 0 Å². The van der Waals surface area contributed by atoms with Crippen molar-refractivity contribution < 1.29 is 8.78 Å². The maximum absolute atomic E-state index is 13.4. The lowest BCUT2D eigenvalue weighted by atomic mass is 10.1. The highest BCUT2D eigenvalue weighted by Crippen LogP contribution is 2.14. The van der Waals surface area contributed by atoms with Gasteiger partial charge in [-0.05, 0) is 30.7 Å². The minimum atomic E-state index is -0.250. The Labute approximate surface area is 105 Å². The van der Waals surface area contributed by atoms with Gasteiger partial charge in [-0.1, -0.05) is 30.3 Å². The number of benzene rings is 2. The Morgan fingerprint density at radius 3 is 2.33 bits per heavy atom. The summed E-state index contributed by atoms with van der Waals surface area (Å²) in [6.45, 7) is 2.42. The van der Waals surface area contributed by atoms with Crippen molar-refractivity contribution in [2.45, 2.75) is 19.5 Å². The molecule has 0 heterocycles. The zero-order chi connectivity index (χ0) is 13.0. The Kier molecular flexibility index (Phi) is 4.05. The Balaban J connectivity index is 1.98. The van der Waals surface area contributed by atoms with Crippen molar-refractivity contribution >= 4 is 0 Å². The molecule has 18 heavy (non-hydrogen) atoms. The molecule has 0 bridgehead atoms. The van der Waals surface area contributed by atoms with Gasteiger partial charge in [0.1, 0.15) is 11.6 Å². The van der Waals surface area contributed by atoms with E-state index in [2.05, 4.69) is 5.32 Å². The van der Waals surface area contributed by atoms with Crippen molar-refractivity contribution in [3.8, 4) is 0 Å². The van der Waals surface area contributed by atoms with E-state index in [0.29, 0.717) is 12.1 Å². The van der Waals surface area contributed by atoms with Gasteiger partial charge in [-0.3, -0.25) is 0 Å². The molecule has 0 saturated carbocycles. The lowest BCUT2D eigenvalue weighted by Crippen LogP contribution is -2.18. The molecule has 0 aliphatic carbocycles. The summed E-state index contributed by atoms with van der Waals surface area (Å²) in [5.74, 6) is -0.462. The van der Waals surface area contributed by atoms with E-state index in [1.54, 1.807) is 24.3 Å². The van der Waals surface area contributed by atoms with Gasteiger partial charge in [-0.15, -0.1) is 0 Å². The van der Waals surface area contributed by atoms with Gasteiger partial charge in [0.05, 0.1) is 0 Å². The quantitative estimate of drug-likeness (QED) is 0.866. The average molecular weight is 247 g/mol. The summed E-state index contributed by atoms with van der Waals surface area (Å²) in [5.41, 5.74) is 1.61. The predicted octanol–water partition coefficient (Wildman–Crippen LogP) is 3.82. The van der Waals surface area contributed by atoms with Crippen LogP contribution in [-0.2, 0) is 6.54 Å². The number of halogens is 2. The number of rotatable bonds is 4. The van der Waals surface area contributed by atoms with Gasteiger partial charge in [-0.2, -0.15) is 0 Å². The molecule has 0 aliphatic heterocycles. The highest BCUT2D eigenvalue weighted by Gasteiger charge is 2.06. The van der Waals surface area contributed by atoms with E-state index in [-0.39, 0.29) is 17.7 Å². The van der Waals surface area contributed by atoms with Crippen molar-refractivity contribution in [3.63, 3.8) is 0 Å². The van der Waals surface area contributed by atoms with E-state index in [1.807, 2.05) is 13.0 Å². The molecule has 94 valence electrons. The molecule has 0 radical (unpaired) electrons. The fraction of sp³-hybridized carbons (Fsp3) is 0.200. The zero-order valence-electron chi connectivity index (χ0n) is 10.2. The Hall–Kier alpha value is -1.74. The minimum Gasteiger partial charge on any atom is -0.306 e. The molecular weight excluding hydrogens is 232 g/mol. The Morgan fingerprint density at radius 1 is 1.00 bits per heavy atom. The van der Waals surface area contributed by atoms with Gasteiger partial charge in [0.25, 0.3) is 0 Å². The van der Waals surface area contributed by atoms with Gasteiger partial charge in [0.15, 0.2) is 0 Å². The number of hydrogen-bond donors (Lipinski definition) is 1. The standard InChI is InChI=1S/C15H15F2N/c1-11(12-6-8-14(16)9-7-12)18-10-13-4-2-3-5-15(13)17/h2-9,11,18H,10H2,1H3/t11-/m0/s1. The first-order chi connectivity index (χ1) is 8.66. The summed E-state index contributed by atoms with van der Waals surface area (Å²) in [5, 5.41) is 3.21. The normalized spacial score (nSPS) is 12.4. The lowest BCUT2D eigenvalue weighted by molar-refractivity contribution is 0.543. The van der Waals surface area contributed by atoms with Crippen LogP contribution in [0.1, 0.15) is 24.1 Å². The first-order valence-electron chi connectivity index (χ1n) is 5.89. The third-order valence-corrected chi connectivity index (χ3v) is 2.93. The summed E-state index contributed by atoms with van der Waals surface area (Å²) in [6, 6.07) is 13.0. The maximum atomic E-state index is 13.4. The Bertz CT molecular complexity index is 508. The highest BCUT2D eigenvalue weighted by atomic mass is 19.1. The van der Waals surface area contributed by atoms with Crippen LogP contribution < -0.4 is 5.32 Å². The smallest absolute Gasteiger partial charge is 0.127 e. The molecule has 0 spiro atoms. The molecule has 1 nitrogen and oxygen atoms in total. The van der Waals surface area contributed by atoms with Gasteiger partial charge in [0.2, 0.25) is 0 Å². The van der Waals surface area contributed by atoms with E-state index in [9.17, 15) is 8.78 Å². The van der Waals surface area contributed by atoms with Crippen LogP contribution in [0.5, 0.6) is 0 Å². The van der Waals surface area contributed by atoms with Crippen molar-refractivity contribution in [3.05, 3.63) is 71.3 Å². The monoisotopic (exact) mass is 247 g/mol. The largest absolute Gasteiger partial charge is 0.306 e. The van der Waals surface area contributed by atoms with Crippen molar-refractivity contribution in [2.24, 2.45) is 0 Å². The minimum absolute atomic E-state index is 0.0465. The van der Waals surface area contributed by atoms with E-state index < -0.39 is 0 Å². The summed E-state index contributed by atoms with van der Waals surface area (Å²) in [7, 11) is 0. The molecule has 3 heteroatoms. The molecule has 1 N–H and O–H groups in total. The number of hydrogen-bond acceptors (Lipinski definition) is 1. The average Bonchev–Trinajstić information content (AvgIpc) is 2.38. The molecule has 2 rings (SSSR count). The van der Waals surface area contributed by atoms with Crippen LogP contribution in [0, 0.1) is 11.6 Å². The molecule has 2 aromatic carbocycles. The van der Waals surface area contributed by atoms with Crippen molar-refractivity contribution in [1.29, 1.82) is 0 Å². The molecule has 0 saturated heterocycles. The fourth-order valence-corrected chi connectivity index (χ4v) is 1.77. The molecular formula is C15H15F2N. The van der Waals surface area contributed by atoms with E-state index in [4.69, 9.17) is 0 Å². The van der Waals surface area contributed by atoms with Crippen LogP contribution in [-0.4, -0.2) is 0 Å². The topological polar surface area (TPSA) is 12.0 Å². The van der Waals surface area contributed by atoms with Crippen LogP contribution in [0.3, 0.4) is 0 Å². The van der Waals surface area contributed by atoms with Crippen LogP contribution >= 0.6 is 0 Å². The summed E-state index contributed by atoms with van der Waals surface area (Å²) < 4.78 is 26.2. The van der Waals surface area contributed by atoms with E-state index >= 15 is 0 Å². The molecule has 0 aromatic heterocycles. The fourth-order valence-electron chi connectivity index (χ4n) is 1.77. The Morgan fingerprint density at radius 2 is 1.67 bits per heavy atom. The first-order valence-corrected chi connectivity index (χ1v) is 5.89. The highest BCUT2D eigenvalue weighted by molar-refractivity contribution is 5.21. The van der Waals surface area contributed by atoms with Gasteiger partial charge in [0, 0.05) is 18.2 Å². The maximum Gasteiger partial charge on any atom is 0.127 e. The first kappa shape index (κ1) is 12.7. The second-order valence-electron chi connectivity index (χ2n) is 4.25. The van der Waals surface area contributed by atoms with E-state index in [1.165, 1.54) is 18.2 Å². The second kappa shape index (κ2) is 5.74. The molecule has 1 atom stereocenters.